The predicted molar refractivity (Wildman–Crippen MR) is 64.3 cm³/mol. The maximum Gasteiger partial charge on any atom is 0.139 e. The number of hydrogen-bond donors (Lipinski definition) is 1. The van der Waals surface area contributed by atoms with Gasteiger partial charge in [0, 0.05) is 10.0 Å². The molecule has 2 aromatic rings. The normalized spacial score (nSPS) is 12.4. The smallest absolute Gasteiger partial charge is 0.139 e. The van der Waals surface area contributed by atoms with E-state index in [0.717, 1.165) is 5.56 Å². The lowest BCUT2D eigenvalue weighted by molar-refractivity contribution is 0.658. The summed E-state index contributed by atoms with van der Waals surface area (Å²) in [6, 6.07) is 5.44. The van der Waals surface area contributed by atoms with Gasteiger partial charge in [0.15, 0.2) is 0 Å². The Morgan fingerprint density at radius 1 is 1.38 bits per heavy atom. The molecule has 0 radical (unpaired) electrons. The molecule has 1 unspecified atom stereocenters. The van der Waals surface area contributed by atoms with Crippen LogP contribution in [0.3, 0.4) is 0 Å². The van der Waals surface area contributed by atoms with Crippen LogP contribution in [0.25, 0.3) is 0 Å². The fourth-order valence-electron chi connectivity index (χ4n) is 1.40. The molecule has 0 fully saturated rings. The van der Waals surface area contributed by atoms with E-state index >= 15 is 0 Å². The molecule has 0 aliphatic rings. The number of benzene rings is 1. The molecule has 16 heavy (non-hydrogen) atoms. The quantitative estimate of drug-likeness (QED) is 0.919. The summed E-state index contributed by atoms with van der Waals surface area (Å²) in [5, 5.41) is 5.21. The zero-order chi connectivity index (χ0) is 11.5. The Morgan fingerprint density at radius 3 is 2.81 bits per heavy atom. The van der Waals surface area contributed by atoms with Crippen molar-refractivity contribution in [3.05, 3.63) is 46.5 Å². The third-order valence-electron chi connectivity index (χ3n) is 2.17. The van der Waals surface area contributed by atoms with E-state index in [1.807, 2.05) is 19.1 Å². The van der Waals surface area contributed by atoms with Crippen LogP contribution in [0.2, 0.25) is 10.0 Å². The summed E-state index contributed by atoms with van der Waals surface area (Å²) in [5.74, 6) is 0. The maximum absolute atomic E-state index is 6.09. The average Bonchev–Trinajstić information content (AvgIpc) is 2.70. The van der Waals surface area contributed by atoms with E-state index in [4.69, 9.17) is 23.2 Å². The molecule has 0 bridgehead atoms. The van der Waals surface area contributed by atoms with Gasteiger partial charge in [-0.1, -0.05) is 29.3 Å². The molecule has 1 N–H and O–H groups in total. The minimum atomic E-state index is 0.0199. The first-order chi connectivity index (χ1) is 7.66. The molecule has 1 aromatic heterocycles. The van der Waals surface area contributed by atoms with E-state index in [1.165, 1.54) is 11.1 Å². The average molecular weight is 257 g/mol. The van der Waals surface area contributed by atoms with Gasteiger partial charge in [-0.05, 0) is 24.6 Å². The zero-order valence-electron chi connectivity index (χ0n) is 8.56. The topological polar surface area (TPSA) is 42.7 Å². The van der Waals surface area contributed by atoms with Crippen LogP contribution < -0.4 is 5.43 Å². The van der Waals surface area contributed by atoms with E-state index in [-0.39, 0.29) is 6.04 Å². The SMILES string of the molecule is CC(Nn1cncn1)c1ccc(Cl)cc1Cl. The molecule has 4 nitrogen and oxygen atoms in total. The molecule has 0 saturated carbocycles. The minimum Gasteiger partial charge on any atom is -0.301 e. The highest BCUT2D eigenvalue weighted by Gasteiger charge is 2.09. The Labute approximate surface area is 103 Å². The molecule has 6 heteroatoms. The molecular formula is C10H10Cl2N4. The third-order valence-corrected chi connectivity index (χ3v) is 2.74. The Bertz CT molecular complexity index is 470. The molecule has 1 atom stereocenters. The lowest BCUT2D eigenvalue weighted by Gasteiger charge is -2.16. The second kappa shape index (κ2) is 4.72. The van der Waals surface area contributed by atoms with Crippen LogP contribution in [-0.4, -0.2) is 14.9 Å². The summed E-state index contributed by atoms with van der Waals surface area (Å²) in [6.45, 7) is 1.98. The van der Waals surface area contributed by atoms with Crippen molar-refractivity contribution in [3.63, 3.8) is 0 Å². The molecule has 84 valence electrons. The fraction of sp³-hybridized carbons (Fsp3) is 0.200. The predicted octanol–water partition coefficient (Wildman–Crippen LogP) is 2.89. The van der Waals surface area contributed by atoms with Crippen LogP contribution in [0.15, 0.2) is 30.9 Å². The van der Waals surface area contributed by atoms with Gasteiger partial charge in [-0.3, -0.25) is 0 Å². The van der Waals surface area contributed by atoms with E-state index in [1.54, 1.807) is 12.4 Å². The van der Waals surface area contributed by atoms with Gasteiger partial charge in [0.1, 0.15) is 12.7 Å². The standard InChI is InChI=1S/C10H10Cl2N4/c1-7(15-16-6-13-5-14-16)9-3-2-8(11)4-10(9)12/h2-7,15H,1H3. The Balaban J connectivity index is 2.17. The summed E-state index contributed by atoms with van der Waals surface area (Å²) < 4.78 is 0. The molecule has 1 heterocycles. The van der Waals surface area contributed by atoms with Gasteiger partial charge in [-0.15, -0.1) is 5.10 Å². The van der Waals surface area contributed by atoms with Crippen molar-refractivity contribution >= 4 is 23.2 Å². The number of nitrogens with zero attached hydrogens (tertiary/aromatic N) is 3. The zero-order valence-corrected chi connectivity index (χ0v) is 10.1. The van der Waals surface area contributed by atoms with Crippen molar-refractivity contribution < 1.29 is 0 Å². The monoisotopic (exact) mass is 256 g/mol. The summed E-state index contributed by atoms with van der Waals surface area (Å²) in [4.78, 5) is 5.38. The molecular weight excluding hydrogens is 247 g/mol. The van der Waals surface area contributed by atoms with Crippen molar-refractivity contribution in [2.24, 2.45) is 0 Å². The highest BCUT2D eigenvalue weighted by Crippen LogP contribution is 2.26. The van der Waals surface area contributed by atoms with Crippen LogP contribution in [0.4, 0.5) is 0 Å². The van der Waals surface area contributed by atoms with Crippen molar-refractivity contribution in [3.8, 4) is 0 Å². The van der Waals surface area contributed by atoms with Crippen LogP contribution in [0.5, 0.6) is 0 Å². The Morgan fingerprint density at radius 2 is 2.19 bits per heavy atom. The van der Waals surface area contributed by atoms with Crippen molar-refractivity contribution in [2.75, 3.05) is 5.43 Å². The number of nitrogens with one attached hydrogen (secondary N) is 1. The number of halogens is 2. The molecule has 0 saturated heterocycles. The van der Waals surface area contributed by atoms with Crippen LogP contribution in [0, 0.1) is 0 Å². The largest absolute Gasteiger partial charge is 0.301 e. The first kappa shape index (κ1) is 11.2. The fourth-order valence-corrected chi connectivity index (χ4v) is 1.97. The number of aromatic nitrogens is 3. The van der Waals surface area contributed by atoms with Gasteiger partial charge in [0.25, 0.3) is 0 Å². The van der Waals surface area contributed by atoms with Crippen LogP contribution in [0.1, 0.15) is 18.5 Å². The first-order valence-corrected chi connectivity index (χ1v) is 5.48. The van der Waals surface area contributed by atoms with Crippen molar-refractivity contribution in [2.45, 2.75) is 13.0 Å². The highest BCUT2D eigenvalue weighted by atomic mass is 35.5. The van der Waals surface area contributed by atoms with Gasteiger partial charge in [0.05, 0.1) is 6.04 Å². The second-order valence-corrected chi connectivity index (χ2v) is 4.20. The van der Waals surface area contributed by atoms with Gasteiger partial charge < -0.3 is 5.43 Å². The molecule has 1 aromatic carbocycles. The van der Waals surface area contributed by atoms with Crippen LogP contribution in [-0.2, 0) is 0 Å². The van der Waals surface area contributed by atoms with Crippen LogP contribution >= 0.6 is 23.2 Å². The van der Waals surface area contributed by atoms with Crippen molar-refractivity contribution in [1.82, 2.24) is 14.9 Å². The minimum absolute atomic E-state index is 0.0199. The van der Waals surface area contributed by atoms with E-state index in [9.17, 15) is 0 Å². The molecule has 0 aliphatic carbocycles. The summed E-state index contributed by atoms with van der Waals surface area (Å²) >= 11 is 11.9. The van der Waals surface area contributed by atoms with E-state index in [0.29, 0.717) is 10.0 Å². The first-order valence-electron chi connectivity index (χ1n) is 4.73. The molecule has 0 spiro atoms. The lowest BCUT2D eigenvalue weighted by atomic mass is 10.1. The van der Waals surface area contributed by atoms with Crippen molar-refractivity contribution in [1.29, 1.82) is 0 Å². The summed E-state index contributed by atoms with van der Waals surface area (Å²) in [7, 11) is 0. The van der Waals surface area contributed by atoms with Gasteiger partial charge >= 0.3 is 0 Å². The third kappa shape index (κ3) is 2.46. The Hall–Kier alpha value is -1.26. The lowest BCUT2D eigenvalue weighted by Crippen LogP contribution is -2.19. The second-order valence-electron chi connectivity index (χ2n) is 3.36. The molecule has 0 aliphatic heterocycles. The number of rotatable bonds is 3. The summed E-state index contributed by atoms with van der Waals surface area (Å²) in [6.07, 6.45) is 3.05. The number of hydrogen-bond acceptors (Lipinski definition) is 3. The maximum atomic E-state index is 6.09. The highest BCUT2D eigenvalue weighted by molar-refractivity contribution is 6.35. The molecule has 2 rings (SSSR count). The van der Waals surface area contributed by atoms with E-state index < -0.39 is 0 Å². The van der Waals surface area contributed by atoms with E-state index in [2.05, 4.69) is 15.5 Å². The van der Waals surface area contributed by atoms with Gasteiger partial charge in [-0.25, -0.2) is 4.98 Å². The molecule has 0 amide bonds. The van der Waals surface area contributed by atoms with Gasteiger partial charge in [0.2, 0.25) is 0 Å². The summed E-state index contributed by atoms with van der Waals surface area (Å²) in [5.41, 5.74) is 4.07. The Kier molecular flexibility index (Phi) is 3.31. The van der Waals surface area contributed by atoms with Gasteiger partial charge in [-0.2, -0.15) is 4.79 Å².